The van der Waals surface area contributed by atoms with Gasteiger partial charge in [0.05, 0.1) is 23.2 Å². The van der Waals surface area contributed by atoms with Crippen molar-refractivity contribution in [2.24, 2.45) is 0 Å². The minimum absolute atomic E-state index is 0.0468. The van der Waals surface area contributed by atoms with E-state index in [0.717, 1.165) is 37.7 Å². The van der Waals surface area contributed by atoms with E-state index >= 15 is 0 Å². The molecule has 1 unspecified atom stereocenters. The molecule has 2 heterocycles. The van der Waals surface area contributed by atoms with E-state index in [2.05, 4.69) is 15.1 Å². The molecule has 1 fully saturated rings. The van der Waals surface area contributed by atoms with Crippen LogP contribution in [0.2, 0.25) is 5.02 Å². The van der Waals surface area contributed by atoms with Crippen molar-refractivity contribution < 1.29 is 9.21 Å². The normalized spacial score (nSPS) is 19.6. The summed E-state index contributed by atoms with van der Waals surface area (Å²) in [4.78, 5) is 13.2. The smallest absolute Gasteiger partial charge is 0.249 e. The summed E-state index contributed by atoms with van der Waals surface area (Å²) >= 11 is 6.12. The molecule has 21 heavy (non-hydrogen) atoms. The molecule has 0 saturated carbocycles. The van der Waals surface area contributed by atoms with Crippen LogP contribution in [0.1, 0.15) is 25.2 Å². The molecule has 110 valence electrons. The third kappa shape index (κ3) is 3.14. The summed E-state index contributed by atoms with van der Waals surface area (Å²) in [5, 5.41) is 8.69. The highest BCUT2D eigenvalue weighted by Crippen LogP contribution is 2.27. The number of aldehydes is 1. The van der Waals surface area contributed by atoms with Crippen LogP contribution in [0.3, 0.4) is 0 Å². The molecule has 0 spiro atoms. The number of halogens is 1. The number of carbonyl (C=O) groups is 1. The zero-order valence-electron chi connectivity index (χ0n) is 11.5. The first-order valence-electron chi connectivity index (χ1n) is 7.04. The zero-order valence-corrected chi connectivity index (χ0v) is 12.3. The first kappa shape index (κ1) is 14.2. The van der Waals surface area contributed by atoms with Crippen molar-refractivity contribution in [2.75, 3.05) is 6.54 Å². The Morgan fingerprint density at radius 3 is 3.00 bits per heavy atom. The van der Waals surface area contributed by atoms with E-state index in [4.69, 9.17) is 16.0 Å². The largest absolute Gasteiger partial charge is 0.419 e. The SMILES string of the molecule is O=CC1CCCCN1Cc1nnc(-c2ccccc2Cl)o1. The molecular formula is C15H16ClN3O2. The van der Waals surface area contributed by atoms with Crippen LogP contribution < -0.4 is 0 Å². The lowest BCUT2D eigenvalue weighted by Crippen LogP contribution is -2.39. The number of hydrogen-bond acceptors (Lipinski definition) is 5. The molecule has 1 aliphatic heterocycles. The van der Waals surface area contributed by atoms with E-state index in [1.165, 1.54) is 0 Å². The van der Waals surface area contributed by atoms with E-state index < -0.39 is 0 Å². The molecular weight excluding hydrogens is 290 g/mol. The molecule has 1 aliphatic rings. The minimum atomic E-state index is -0.0468. The zero-order chi connectivity index (χ0) is 14.7. The van der Waals surface area contributed by atoms with Gasteiger partial charge in [0.2, 0.25) is 11.8 Å². The molecule has 0 bridgehead atoms. The van der Waals surface area contributed by atoms with Crippen LogP contribution >= 0.6 is 11.6 Å². The van der Waals surface area contributed by atoms with Crippen molar-refractivity contribution in [3.63, 3.8) is 0 Å². The lowest BCUT2D eigenvalue weighted by atomic mass is 10.0. The third-order valence-corrected chi connectivity index (χ3v) is 4.06. The van der Waals surface area contributed by atoms with Gasteiger partial charge in [0.15, 0.2) is 0 Å². The molecule has 0 N–H and O–H groups in total. The molecule has 1 saturated heterocycles. The van der Waals surface area contributed by atoms with Gasteiger partial charge in [-0.25, -0.2) is 0 Å². The molecule has 5 nitrogen and oxygen atoms in total. The predicted molar refractivity (Wildman–Crippen MR) is 78.9 cm³/mol. The lowest BCUT2D eigenvalue weighted by Gasteiger charge is -2.30. The fourth-order valence-electron chi connectivity index (χ4n) is 2.60. The molecule has 2 aromatic rings. The number of benzene rings is 1. The quantitative estimate of drug-likeness (QED) is 0.813. The first-order valence-corrected chi connectivity index (χ1v) is 7.42. The summed E-state index contributed by atoms with van der Waals surface area (Å²) in [5.74, 6) is 0.925. The van der Waals surface area contributed by atoms with Crippen LogP contribution in [0.15, 0.2) is 28.7 Å². The van der Waals surface area contributed by atoms with Gasteiger partial charge in [-0.2, -0.15) is 0 Å². The van der Waals surface area contributed by atoms with Crippen LogP contribution in [-0.4, -0.2) is 34.0 Å². The second-order valence-electron chi connectivity index (χ2n) is 5.15. The molecule has 1 atom stereocenters. The van der Waals surface area contributed by atoms with Gasteiger partial charge in [-0.3, -0.25) is 4.90 Å². The van der Waals surface area contributed by atoms with Gasteiger partial charge in [-0.05, 0) is 31.5 Å². The summed E-state index contributed by atoms with van der Waals surface area (Å²) in [6.45, 7) is 1.38. The highest BCUT2D eigenvalue weighted by molar-refractivity contribution is 6.33. The van der Waals surface area contributed by atoms with E-state index in [0.29, 0.717) is 23.3 Å². The van der Waals surface area contributed by atoms with Crippen LogP contribution in [0.25, 0.3) is 11.5 Å². The Morgan fingerprint density at radius 2 is 2.19 bits per heavy atom. The summed E-state index contributed by atoms with van der Waals surface area (Å²) in [5.41, 5.74) is 0.725. The second kappa shape index (κ2) is 6.37. The van der Waals surface area contributed by atoms with Gasteiger partial charge in [-0.1, -0.05) is 30.2 Å². The van der Waals surface area contributed by atoms with Gasteiger partial charge < -0.3 is 9.21 Å². The van der Waals surface area contributed by atoms with Gasteiger partial charge in [0.1, 0.15) is 6.29 Å². The number of piperidine rings is 1. The Kier molecular flexibility index (Phi) is 4.31. The Bertz CT molecular complexity index is 629. The average molecular weight is 306 g/mol. The predicted octanol–water partition coefficient (Wildman–Crippen LogP) is 2.94. The van der Waals surface area contributed by atoms with Crippen molar-refractivity contribution >= 4 is 17.9 Å². The van der Waals surface area contributed by atoms with Crippen molar-refractivity contribution in [1.29, 1.82) is 0 Å². The number of hydrogen-bond donors (Lipinski definition) is 0. The van der Waals surface area contributed by atoms with Gasteiger partial charge in [0, 0.05) is 0 Å². The van der Waals surface area contributed by atoms with E-state index in [1.54, 1.807) is 6.07 Å². The first-order chi connectivity index (χ1) is 10.3. The highest BCUT2D eigenvalue weighted by Gasteiger charge is 2.24. The number of rotatable bonds is 4. The Balaban J connectivity index is 1.76. The summed E-state index contributed by atoms with van der Waals surface area (Å²) in [6, 6.07) is 7.31. The third-order valence-electron chi connectivity index (χ3n) is 3.73. The summed E-state index contributed by atoms with van der Waals surface area (Å²) in [7, 11) is 0. The van der Waals surface area contributed by atoms with E-state index in [1.807, 2.05) is 18.2 Å². The Hall–Kier alpha value is -1.72. The Labute approximate surface area is 127 Å². The highest BCUT2D eigenvalue weighted by atomic mass is 35.5. The van der Waals surface area contributed by atoms with Crippen molar-refractivity contribution in [2.45, 2.75) is 31.8 Å². The number of aromatic nitrogens is 2. The van der Waals surface area contributed by atoms with Gasteiger partial charge in [0.25, 0.3) is 0 Å². The molecule has 0 radical (unpaired) electrons. The van der Waals surface area contributed by atoms with Crippen molar-refractivity contribution in [3.05, 3.63) is 35.2 Å². The van der Waals surface area contributed by atoms with Crippen LogP contribution in [0.5, 0.6) is 0 Å². The number of likely N-dealkylation sites (tertiary alicyclic amines) is 1. The van der Waals surface area contributed by atoms with Crippen LogP contribution in [0, 0.1) is 0 Å². The maximum Gasteiger partial charge on any atom is 0.249 e. The number of nitrogens with zero attached hydrogens (tertiary/aromatic N) is 3. The van der Waals surface area contributed by atoms with E-state index in [-0.39, 0.29) is 6.04 Å². The number of carbonyl (C=O) groups excluding carboxylic acids is 1. The lowest BCUT2D eigenvalue weighted by molar-refractivity contribution is -0.113. The molecule has 0 amide bonds. The molecule has 3 rings (SSSR count). The molecule has 1 aromatic carbocycles. The fourth-order valence-corrected chi connectivity index (χ4v) is 2.82. The topological polar surface area (TPSA) is 59.2 Å². The minimum Gasteiger partial charge on any atom is -0.419 e. The average Bonchev–Trinajstić information content (AvgIpc) is 2.96. The maximum atomic E-state index is 11.1. The Morgan fingerprint density at radius 1 is 1.33 bits per heavy atom. The van der Waals surface area contributed by atoms with Crippen molar-refractivity contribution in [1.82, 2.24) is 15.1 Å². The molecule has 6 heteroatoms. The van der Waals surface area contributed by atoms with Crippen molar-refractivity contribution in [3.8, 4) is 11.5 Å². The summed E-state index contributed by atoms with van der Waals surface area (Å²) < 4.78 is 5.68. The summed E-state index contributed by atoms with van der Waals surface area (Å²) in [6.07, 6.45) is 4.09. The van der Waals surface area contributed by atoms with Crippen LogP contribution in [0.4, 0.5) is 0 Å². The van der Waals surface area contributed by atoms with Gasteiger partial charge >= 0.3 is 0 Å². The van der Waals surface area contributed by atoms with Crippen LogP contribution in [-0.2, 0) is 11.3 Å². The monoisotopic (exact) mass is 305 g/mol. The van der Waals surface area contributed by atoms with E-state index in [9.17, 15) is 4.79 Å². The molecule has 1 aromatic heterocycles. The molecule has 0 aliphatic carbocycles. The maximum absolute atomic E-state index is 11.1. The second-order valence-corrected chi connectivity index (χ2v) is 5.56. The fraction of sp³-hybridized carbons (Fsp3) is 0.400. The van der Waals surface area contributed by atoms with Gasteiger partial charge in [-0.15, -0.1) is 10.2 Å². The standard InChI is InChI=1S/C15H16ClN3O2/c16-13-7-2-1-6-12(13)15-18-17-14(21-15)9-19-8-4-3-5-11(19)10-20/h1-2,6-7,10-11H,3-5,8-9H2.